The van der Waals surface area contributed by atoms with Crippen molar-refractivity contribution < 1.29 is 4.74 Å². The molecular formula is C14H13ClN4OS. The zero-order valence-corrected chi connectivity index (χ0v) is 13.1. The molecule has 0 fully saturated rings. The Morgan fingerprint density at radius 3 is 2.71 bits per heavy atom. The lowest BCUT2D eigenvalue weighted by Gasteiger charge is -2.01. The topological polar surface area (TPSA) is 52.3 Å². The maximum Gasteiger partial charge on any atom is 0.254 e. The van der Waals surface area contributed by atoms with Gasteiger partial charge in [0.15, 0.2) is 0 Å². The van der Waals surface area contributed by atoms with Crippen LogP contribution in [0.2, 0.25) is 5.15 Å². The normalized spacial score (nSPS) is 11.0. The molecule has 0 saturated carbocycles. The first-order valence-corrected chi connectivity index (χ1v) is 7.68. The summed E-state index contributed by atoms with van der Waals surface area (Å²) >= 11 is 7.67. The standard InChI is InChI=1S/C14H13ClN4OS/c1-9-7-12(15)19-13(16-9)17-14(18-19)21-8-10-3-5-11(20-2)6-4-10/h3-7H,8H2,1-2H3. The number of fused-ring (bicyclic) bond motifs is 1. The minimum Gasteiger partial charge on any atom is -0.497 e. The van der Waals surface area contributed by atoms with Gasteiger partial charge >= 0.3 is 0 Å². The predicted molar refractivity (Wildman–Crippen MR) is 83.1 cm³/mol. The summed E-state index contributed by atoms with van der Waals surface area (Å²) in [5, 5.41) is 5.52. The highest BCUT2D eigenvalue weighted by Gasteiger charge is 2.09. The predicted octanol–water partition coefficient (Wildman–Crippen LogP) is 3.39. The Balaban J connectivity index is 1.77. The maximum atomic E-state index is 6.12. The van der Waals surface area contributed by atoms with Crippen LogP contribution in [0.1, 0.15) is 11.3 Å². The summed E-state index contributed by atoms with van der Waals surface area (Å²) in [7, 11) is 1.66. The molecule has 0 saturated heterocycles. The zero-order chi connectivity index (χ0) is 14.8. The number of hydrogen-bond acceptors (Lipinski definition) is 5. The molecule has 0 radical (unpaired) electrons. The number of rotatable bonds is 4. The van der Waals surface area contributed by atoms with Crippen molar-refractivity contribution >= 4 is 29.1 Å². The van der Waals surface area contributed by atoms with Gasteiger partial charge in [0, 0.05) is 11.4 Å². The molecule has 21 heavy (non-hydrogen) atoms. The molecule has 1 aromatic carbocycles. The molecule has 108 valence electrons. The number of benzene rings is 1. The largest absolute Gasteiger partial charge is 0.497 e. The van der Waals surface area contributed by atoms with Crippen LogP contribution in [0.15, 0.2) is 35.5 Å². The summed E-state index contributed by atoms with van der Waals surface area (Å²) in [6, 6.07) is 9.69. The molecule has 2 heterocycles. The highest BCUT2D eigenvalue weighted by Crippen LogP contribution is 2.22. The number of hydrogen-bond donors (Lipinski definition) is 0. The van der Waals surface area contributed by atoms with Crippen LogP contribution in [-0.4, -0.2) is 26.7 Å². The minimum atomic E-state index is 0.515. The summed E-state index contributed by atoms with van der Waals surface area (Å²) in [6.45, 7) is 1.88. The third-order valence-electron chi connectivity index (χ3n) is 2.90. The van der Waals surface area contributed by atoms with E-state index >= 15 is 0 Å². The van der Waals surface area contributed by atoms with E-state index in [1.807, 2.05) is 31.2 Å². The smallest absolute Gasteiger partial charge is 0.254 e. The first-order valence-electron chi connectivity index (χ1n) is 6.31. The lowest BCUT2D eigenvalue weighted by molar-refractivity contribution is 0.414. The molecule has 0 unspecified atom stereocenters. The van der Waals surface area contributed by atoms with Crippen molar-refractivity contribution in [3.05, 3.63) is 46.7 Å². The number of aryl methyl sites for hydroxylation is 1. The van der Waals surface area contributed by atoms with Crippen LogP contribution in [0.25, 0.3) is 5.78 Å². The van der Waals surface area contributed by atoms with Crippen LogP contribution in [0, 0.1) is 6.92 Å². The van der Waals surface area contributed by atoms with Gasteiger partial charge in [0.25, 0.3) is 5.78 Å². The highest BCUT2D eigenvalue weighted by molar-refractivity contribution is 7.98. The lowest BCUT2D eigenvalue weighted by Crippen LogP contribution is -1.94. The van der Waals surface area contributed by atoms with Gasteiger partial charge in [-0.2, -0.15) is 9.50 Å². The first-order chi connectivity index (χ1) is 10.2. The average Bonchev–Trinajstić information content (AvgIpc) is 2.89. The second kappa shape index (κ2) is 5.91. The molecule has 3 aromatic rings. The summed E-state index contributed by atoms with van der Waals surface area (Å²) in [5.74, 6) is 2.15. The number of methoxy groups -OCH3 is 1. The minimum absolute atomic E-state index is 0.515. The van der Waals surface area contributed by atoms with E-state index in [4.69, 9.17) is 16.3 Å². The Labute approximate surface area is 131 Å². The molecular weight excluding hydrogens is 308 g/mol. The summed E-state index contributed by atoms with van der Waals surface area (Å²) < 4.78 is 6.68. The highest BCUT2D eigenvalue weighted by atomic mass is 35.5. The third-order valence-corrected chi connectivity index (χ3v) is 4.08. The monoisotopic (exact) mass is 320 g/mol. The van der Waals surface area contributed by atoms with Crippen molar-refractivity contribution in [1.29, 1.82) is 0 Å². The fourth-order valence-electron chi connectivity index (χ4n) is 1.86. The van der Waals surface area contributed by atoms with E-state index in [1.165, 1.54) is 5.56 Å². The summed E-state index contributed by atoms with van der Waals surface area (Å²) in [5.41, 5.74) is 2.00. The molecule has 0 aliphatic rings. The molecule has 0 atom stereocenters. The molecule has 3 rings (SSSR count). The van der Waals surface area contributed by atoms with Crippen molar-refractivity contribution in [3.8, 4) is 5.75 Å². The SMILES string of the molecule is COc1ccc(CSc2nc3nc(C)cc(Cl)n3n2)cc1. The van der Waals surface area contributed by atoms with Crippen LogP contribution in [0.4, 0.5) is 0 Å². The van der Waals surface area contributed by atoms with Crippen molar-refractivity contribution in [1.82, 2.24) is 19.6 Å². The van der Waals surface area contributed by atoms with Crippen LogP contribution in [0.5, 0.6) is 5.75 Å². The van der Waals surface area contributed by atoms with Crippen LogP contribution in [-0.2, 0) is 5.75 Å². The number of thioether (sulfide) groups is 1. The van der Waals surface area contributed by atoms with Gasteiger partial charge in [-0.15, -0.1) is 5.10 Å². The van der Waals surface area contributed by atoms with Crippen LogP contribution < -0.4 is 4.74 Å². The molecule has 7 heteroatoms. The van der Waals surface area contributed by atoms with Gasteiger partial charge < -0.3 is 4.74 Å². The van der Waals surface area contributed by atoms with E-state index in [1.54, 1.807) is 29.5 Å². The van der Waals surface area contributed by atoms with Crippen LogP contribution >= 0.6 is 23.4 Å². The molecule has 0 bridgehead atoms. The van der Waals surface area contributed by atoms with Gasteiger partial charge in [-0.3, -0.25) is 0 Å². The lowest BCUT2D eigenvalue weighted by atomic mass is 10.2. The van der Waals surface area contributed by atoms with Crippen molar-refractivity contribution in [2.75, 3.05) is 7.11 Å². The average molecular weight is 321 g/mol. The number of ether oxygens (including phenoxy) is 1. The van der Waals surface area contributed by atoms with E-state index in [-0.39, 0.29) is 0 Å². The molecule has 0 aliphatic carbocycles. The van der Waals surface area contributed by atoms with Crippen LogP contribution in [0.3, 0.4) is 0 Å². The Bertz CT molecular complexity index is 772. The molecule has 5 nitrogen and oxygen atoms in total. The van der Waals surface area contributed by atoms with Gasteiger partial charge in [0.1, 0.15) is 10.9 Å². The fraction of sp³-hybridized carbons (Fsp3) is 0.214. The van der Waals surface area contributed by atoms with E-state index in [2.05, 4.69) is 15.1 Å². The molecule has 0 aliphatic heterocycles. The van der Waals surface area contributed by atoms with E-state index < -0.39 is 0 Å². The summed E-state index contributed by atoms with van der Waals surface area (Å²) in [6.07, 6.45) is 0. The molecule has 0 spiro atoms. The van der Waals surface area contributed by atoms with Crippen molar-refractivity contribution in [2.24, 2.45) is 0 Å². The van der Waals surface area contributed by atoms with Crippen molar-refractivity contribution in [3.63, 3.8) is 0 Å². The third kappa shape index (κ3) is 3.11. The maximum absolute atomic E-state index is 6.12. The van der Waals surface area contributed by atoms with Gasteiger partial charge in [-0.1, -0.05) is 35.5 Å². The van der Waals surface area contributed by atoms with E-state index in [9.17, 15) is 0 Å². The second-order valence-electron chi connectivity index (χ2n) is 4.46. The fourth-order valence-corrected chi connectivity index (χ4v) is 2.90. The zero-order valence-electron chi connectivity index (χ0n) is 11.6. The Hall–Kier alpha value is -1.79. The van der Waals surface area contributed by atoms with E-state index in [0.29, 0.717) is 16.1 Å². The summed E-state index contributed by atoms with van der Waals surface area (Å²) in [4.78, 5) is 8.69. The molecule has 0 amide bonds. The molecule has 2 aromatic heterocycles. The number of aromatic nitrogens is 4. The Kier molecular flexibility index (Phi) is 3.98. The molecule has 0 N–H and O–H groups in total. The first kappa shape index (κ1) is 14.2. The van der Waals surface area contributed by atoms with Gasteiger partial charge in [-0.25, -0.2) is 4.98 Å². The Morgan fingerprint density at radius 1 is 1.24 bits per heavy atom. The number of nitrogens with zero attached hydrogens (tertiary/aromatic N) is 4. The number of halogens is 1. The van der Waals surface area contributed by atoms with Gasteiger partial charge in [0.2, 0.25) is 5.16 Å². The van der Waals surface area contributed by atoms with Gasteiger partial charge in [0.05, 0.1) is 7.11 Å². The van der Waals surface area contributed by atoms with Gasteiger partial charge in [-0.05, 0) is 30.7 Å². The van der Waals surface area contributed by atoms with E-state index in [0.717, 1.165) is 17.2 Å². The van der Waals surface area contributed by atoms with Crippen molar-refractivity contribution in [2.45, 2.75) is 17.8 Å². The second-order valence-corrected chi connectivity index (χ2v) is 5.79. The Morgan fingerprint density at radius 2 is 2.00 bits per heavy atom. The quantitative estimate of drug-likeness (QED) is 0.545.